The minimum absolute atomic E-state index is 0.254. The summed E-state index contributed by atoms with van der Waals surface area (Å²) in [5.41, 5.74) is 6.22. The van der Waals surface area contributed by atoms with Gasteiger partial charge in [-0.2, -0.15) is 0 Å². The first-order valence-corrected chi connectivity index (χ1v) is 10.6. The molecule has 0 fully saturated rings. The molecule has 0 radical (unpaired) electrons. The van der Waals surface area contributed by atoms with Crippen molar-refractivity contribution in [2.45, 2.75) is 33.0 Å². The number of ether oxygens (including phenoxy) is 3. The number of hydrogen-bond acceptors (Lipinski definition) is 5. The second kappa shape index (κ2) is 10.4. The molecule has 3 rings (SSSR count). The zero-order valence-electron chi connectivity index (χ0n) is 19.1. The lowest BCUT2D eigenvalue weighted by Gasteiger charge is -2.34. The number of carbonyl (C=O) groups excluding carboxylic acids is 1. The van der Waals surface area contributed by atoms with Crippen LogP contribution in [0.15, 0.2) is 77.4 Å². The van der Waals surface area contributed by atoms with E-state index in [2.05, 4.69) is 43.8 Å². The van der Waals surface area contributed by atoms with Gasteiger partial charge in [0.05, 0.1) is 25.9 Å². The predicted molar refractivity (Wildman–Crippen MR) is 126 cm³/mol. The summed E-state index contributed by atoms with van der Waals surface area (Å²) in [4.78, 5) is 12.7. The van der Waals surface area contributed by atoms with Gasteiger partial charge in [-0.1, -0.05) is 42.5 Å². The first-order chi connectivity index (χ1) is 15.3. The van der Waals surface area contributed by atoms with Gasteiger partial charge in [-0.05, 0) is 72.9 Å². The Kier molecular flexibility index (Phi) is 7.67. The van der Waals surface area contributed by atoms with Crippen LogP contribution in [0.3, 0.4) is 0 Å². The summed E-state index contributed by atoms with van der Waals surface area (Å²) < 4.78 is 16.7. The van der Waals surface area contributed by atoms with Gasteiger partial charge in [0.15, 0.2) is 6.10 Å². The molecule has 0 bridgehead atoms. The van der Waals surface area contributed by atoms with Crippen molar-refractivity contribution in [2.75, 3.05) is 20.3 Å². The molecule has 1 heterocycles. The summed E-state index contributed by atoms with van der Waals surface area (Å²) in [6.45, 7) is 10.3. The van der Waals surface area contributed by atoms with Crippen LogP contribution >= 0.6 is 0 Å². The fourth-order valence-electron chi connectivity index (χ4n) is 3.63. The van der Waals surface area contributed by atoms with E-state index in [9.17, 15) is 9.90 Å². The second-order valence-corrected chi connectivity index (χ2v) is 7.96. The van der Waals surface area contributed by atoms with Crippen molar-refractivity contribution in [1.82, 2.24) is 0 Å². The number of aliphatic hydroxyl groups excluding tert-OH is 1. The molecule has 1 N–H and O–H groups in total. The Morgan fingerprint density at radius 3 is 2.41 bits per heavy atom. The van der Waals surface area contributed by atoms with Gasteiger partial charge >= 0.3 is 5.97 Å². The number of aliphatic hydroxyl groups is 1. The van der Waals surface area contributed by atoms with Crippen molar-refractivity contribution in [2.24, 2.45) is 0 Å². The van der Waals surface area contributed by atoms with Gasteiger partial charge in [-0.3, -0.25) is 0 Å². The van der Waals surface area contributed by atoms with E-state index in [1.54, 1.807) is 31.4 Å². The van der Waals surface area contributed by atoms with Crippen LogP contribution in [-0.2, 0) is 9.47 Å². The molecule has 0 saturated carbocycles. The molecule has 168 valence electrons. The van der Waals surface area contributed by atoms with Gasteiger partial charge in [-0.25, -0.2) is 4.79 Å². The SMILES string of the molecule is C=C(C1=C(C)[C@H](OC(=O)c2ccc(OC)cc2)[C@@H](CO)OC1)/C(C)=C\c1ccc(C)cc1. The van der Waals surface area contributed by atoms with E-state index in [4.69, 9.17) is 14.2 Å². The van der Waals surface area contributed by atoms with Crippen LogP contribution in [-0.4, -0.2) is 43.6 Å². The molecule has 0 aliphatic carbocycles. The Hall–Kier alpha value is -3.15. The summed E-state index contributed by atoms with van der Waals surface area (Å²) in [5.74, 6) is 0.166. The van der Waals surface area contributed by atoms with Gasteiger partial charge in [0, 0.05) is 0 Å². The minimum Gasteiger partial charge on any atom is -0.497 e. The number of rotatable bonds is 7. The van der Waals surface area contributed by atoms with Crippen LogP contribution in [0.4, 0.5) is 0 Å². The highest BCUT2D eigenvalue weighted by Gasteiger charge is 2.34. The Balaban J connectivity index is 1.84. The Labute approximate surface area is 189 Å². The molecule has 5 heteroatoms. The molecule has 2 aromatic rings. The summed E-state index contributed by atoms with van der Waals surface area (Å²) >= 11 is 0. The molecule has 32 heavy (non-hydrogen) atoms. The van der Waals surface area contributed by atoms with Crippen LogP contribution < -0.4 is 4.74 Å². The van der Waals surface area contributed by atoms with Gasteiger partial charge in [0.1, 0.15) is 11.9 Å². The molecule has 2 aromatic carbocycles. The maximum atomic E-state index is 12.7. The monoisotopic (exact) mass is 434 g/mol. The molecule has 1 aliphatic rings. The lowest BCUT2D eigenvalue weighted by Crippen LogP contribution is -2.41. The van der Waals surface area contributed by atoms with E-state index in [1.165, 1.54) is 5.56 Å². The van der Waals surface area contributed by atoms with Crippen LogP contribution in [0, 0.1) is 6.92 Å². The third-order valence-electron chi connectivity index (χ3n) is 5.72. The van der Waals surface area contributed by atoms with Crippen molar-refractivity contribution >= 4 is 12.0 Å². The van der Waals surface area contributed by atoms with Gasteiger partial charge in [0.2, 0.25) is 0 Å². The van der Waals surface area contributed by atoms with Crippen molar-refractivity contribution in [3.8, 4) is 5.75 Å². The number of esters is 1. The van der Waals surface area contributed by atoms with Gasteiger partial charge < -0.3 is 19.3 Å². The Morgan fingerprint density at radius 2 is 1.81 bits per heavy atom. The van der Waals surface area contributed by atoms with Crippen LogP contribution in [0.2, 0.25) is 0 Å². The zero-order chi connectivity index (χ0) is 23.3. The molecular weight excluding hydrogens is 404 g/mol. The molecule has 0 unspecified atom stereocenters. The standard InChI is InChI=1S/C27H30O5/c1-17-6-8-21(9-7-17)14-18(2)19(3)24-16-31-25(15-28)26(20(24)4)32-27(29)22-10-12-23(30-5)13-11-22/h6-14,25-26,28H,3,15-16H2,1-2,4-5H3/b18-14-/t25-,26+/m1/s1. The zero-order valence-corrected chi connectivity index (χ0v) is 19.1. The minimum atomic E-state index is -0.706. The third-order valence-corrected chi connectivity index (χ3v) is 5.72. The maximum Gasteiger partial charge on any atom is 0.338 e. The third kappa shape index (κ3) is 5.36. The molecule has 0 saturated heterocycles. The van der Waals surface area contributed by atoms with E-state index < -0.39 is 18.2 Å². The van der Waals surface area contributed by atoms with E-state index in [1.807, 2.05) is 13.8 Å². The lowest BCUT2D eigenvalue weighted by molar-refractivity contribution is -0.0638. The molecule has 1 aliphatic heterocycles. The summed E-state index contributed by atoms with van der Waals surface area (Å²) in [5, 5.41) is 9.79. The largest absolute Gasteiger partial charge is 0.497 e. The first-order valence-electron chi connectivity index (χ1n) is 10.6. The number of aryl methyl sites for hydroxylation is 1. The van der Waals surface area contributed by atoms with Crippen LogP contribution in [0.25, 0.3) is 6.08 Å². The number of carbonyl (C=O) groups is 1. The molecule has 2 atom stereocenters. The average molecular weight is 435 g/mol. The Morgan fingerprint density at radius 1 is 1.16 bits per heavy atom. The van der Waals surface area contributed by atoms with Crippen molar-refractivity contribution < 1.29 is 24.1 Å². The highest BCUT2D eigenvalue weighted by atomic mass is 16.6. The predicted octanol–water partition coefficient (Wildman–Crippen LogP) is 4.90. The molecule has 0 amide bonds. The number of methoxy groups -OCH3 is 1. The quantitative estimate of drug-likeness (QED) is 0.496. The summed E-state index contributed by atoms with van der Waals surface area (Å²) in [7, 11) is 1.57. The first kappa shape index (κ1) is 23.5. The van der Waals surface area contributed by atoms with E-state index in [-0.39, 0.29) is 6.61 Å². The van der Waals surface area contributed by atoms with Crippen LogP contribution in [0.1, 0.15) is 35.3 Å². The van der Waals surface area contributed by atoms with Crippen molar-refractivity contribution in [1.29, 1.82) is 0 Å². The van der Waals surface area contributed by atoms with E-state index in [0.717, 1.165) is 27.9 Å². The van der Waals surface area contributed by atoms with Crippen LogP contribution in [0.5, 0.6) is 5.75 Å². The fraction of sp³-hybridized carbons (Fsp3) is 0.296. The number of benzene rings is 2. The smallest absolute Gasteiger partial charge is 0.338 e. The topological polar surface area (TPSA) is 65.0 Å². The molecule has 0 spiro atoms. The van der Waals surface area contributed by atoms with Crippen molar-refractivity contribution in [3.05, 3.63) is 94.1 Å². The summed E-state index contributed by atoms with van der Waals surface area (Å²) in [6.07, 6.45) is 0.732. The molecule has 5 nitrogen and oxygen atoms in total. The highest BCUT2D eigenvalue weighted by molar-refractivity contribution is 5.89. The second-order valence-electron chi connectivity index (χ2n) is 7.96. The highest BCUT2D eigenvalue weighted by Crippen LogP contribution is 2.31. The van der Waals surface area contributed by atoms with Gasteiger partial charge in [-0.15, -0.1) is 0 Å². The number of allylic oxidation sites excluding steroid dienone is 1. The lowest BCUT2D eigenvalue weighted by atomic mass is 9.89. The fourth-order valence-corrected chi connectivity index (χ4v) is 3.63. The normalized spacial score (nSPS) is 19.0. The van der Waals surface area contributed by atoms with Crippen molar-refractivity contribution in [3.63, 3.8) is 0 Å². The maximum absolute atomic E-state index is 12.7. The summed E-state index contributed by atoms with van der Waals surface area (Å²) in [6, 6.07) is 14.9. The number of hydrogen-bond donors (Lipinski definition) is 1. The van der Waals surface area contributed by atoms with E-state index >= 15 is 0 Å². The molecule has 0 aromatic heterocycles. The Bertz CT molecular complexity index is 1030. The van der Waals surface area contributed by atoms with Gasteiger partial charge in [0.25, 0.3) is 0 Å². The average Bonchev–Trinajstić information content (AvgIpc) is 2.81. The molecular formula is C27H30O5. The van der Waals surface area contributed by atoms with E-state index in [0.29, 0.717) is 17.9 Å².